The van der Waals surface area contributed by atoms with E-state index in [1.165, 1.54) is 0 Å². The normalized spacial score (nSPS) is 12.0. The van der Waals surface area contributed by atoms with Crippen LogP contribution in [-0.4, -0.2) is 34.7 Å². The molecule has 2 aromatic heterocycles. The number of aromatic nitrogens is 3. The number of likely N-dealkylation sites (N-methyl/N-ethyl adjacent to an activating group) is 1. The Kier molecular flexibility index (Phi) is 3.52. The smallest absolute Gasteiger partial charge is 0.152 e. The molecule has 5 nitrogen and oxygen atoms in total. The van der Waals surface area contributed by atoms with Crippen LogP contribution in [0.5, 0.6) is 0 Å². The first kappa shape index (κ1) is 12.8. The van der Waals surface area contributed by atoms with E-state index < -0.39 is 0 Å². The van der Waals surface area contributed by atoms with E-state index in [4.69, 9.17) is 0 Å². The van der Waals surface area contributed by atoms with Gasteiger partial charge < -0.3 is 10.6 Å². The Hall–Kier alpha value is -1.62. The van der Waals surface area contributed by atoms with Gasteiger partial charge in [-0.3, -0.25) is 0 Å². The van der Waals surface area contributed by atoms with Crippen molar-refractivity contribution in [3.8, 4) is 0 Å². The Morgan fingerprint density at radius 3 is 2.72 bits per heavy atom. The van der Waals surface area contributed by atoms with Crippen LogP contribution in [-0.2, 0) is 5.41 Å². The van der Waals surface area contributed by atoms with Crippen LogP contribution in [0.25, 0.3) is 5.52 Å². The molecule has 2 N–H and O–H groups in total. The molecular formula is C13H21N5. The van der Waals surface area contributed by atoms with E-state index in [9.17, 15) is 0 Å². The molecule has 0 aromatic carbocycles. The van der Waals surface area contributed by atoms with Crippen molar-refractivity contribution in [3.05, 3.63) is 24.2 Å². The lowest BCUT2D eigenvalue weighted by molar-refractivity contribution is 0.562. The van der Waals surface area contributed by atoms with Crippen molar-refractivity contribution in [2.75, 3.05) is 25.5 Å². The molecule has 2 heterocycles. The van der Waals surface area contributed by atoms with Gasteiger partial charge in [-0.15, -0.1) is 0 Å². The summed E-state index contributed by atoms with van der Waals surface area (Å²) in [6.45, 7) is 8.24. The van der Waals surface area contributed by atoms with E-state index in [-0.39, 0.29) is 5.41 Å². The van der Waals surface area contributed by atoms with E-state index in [1.54, 1.807) is 6.20 Å². The molecule has 0 aliphatic rings. The first-order valence-electron chi connectivity index (χ1n) is 6.26. The molecular weight excluding hydrogens is 226 g/mol. The zero-order valence-corrected chi connectivity index (χ0v) is 11.5. The van der Waals surface area contributed by atoms with Crippen LogP contribution in [0, 0.1) is 0 Å². The van der Waals surface area contributed by atoms with E-state index in [1.807, 2.05) is 17.8 Å². The molecule has 0 amide bonds. The third kappa shape index (κ3) is 2.61. The van der Waals surface area contributed by atoms with Crippen LogP contribution in [0.1, 0.15) is 26.5 Å². The summed E-state index contributed by atoms with van der Waals surface area (Å²) in [5, 5.41) is 11.0. The van der Waals surface area contributed by atoms with Gasteiger partial charge in [0.1, 0.15) is 5.52 Å². The molecule has 2 aromatic rings. The molecule has 98 valence electrons. The van der Waals surface area contributed by atoms with Gasteiger partial charge in [-0.25, -0.2) is 9.50 Å². The molecule has 0 atom stereocenters. The van der Waals surface area contributed by atoms with E-state index in [2.05, 4.69) is 47.6 Å². The Labute approximate surface area is 108 Å². The van der Waals surface area contributed by atoms with Gasteiger partial charge in [-0.1, -0.05) is 20.8 Å². The minimum absolute atomic E-state index is 0.0499. The maximum Gasteiger partial charge on any atom is 0.152 e. The molecule has 18 heavy (non-hydrogen) atoms. The SMILES string of the molecule is CNCCNc1nccn2nc(C(C)(C)C)cc12. The van der Waals surface area contributed by atoms with Crippen molar-refractivity contribution in [1.82, 2.24) is 19.9 Å². The molecule has 0 saturated heterocycles. The Morgan fingerprint density at radius 1 is 1.28 bits per heavy atom. The maximum absolute atomic E-state index is 4.59. The summed E-state index contributed by atoms with van der Waals surface area (Å²) in [6.07, 6.45) is 3.65. The van der Waals surface area contributed by atoms with Crippen molar-refractivity contribution in [3.63, 3.8) is 0 Å². The molecule has 2 rings (SSSR count). The first-order chi connectivity index (χ1) is 8.52. The van der Waals surface area contributed by atoms with Crippen LogP contribution in [0.2, 0.25) is 0 Å². The van der Waals surface area contributed by atoms with Crippen LogP contribution in [0.4, 0.5) is 5.82 Å². The van der Waals surface area contributed by atoms with Gasteiger partial charge in [0, 0.05) is 30.9 Å². The van der Waals surface area contributed by atoms with Gasteiger partial charge >= 0.3 is 0 Å². The predicted molar refractivity (Wildman–Crippen MR) is 74.1 cm³/mol. The lowest BCUT2D eigenvalue weighted by atomic mass is 9.92. The third-order valence-electron chi connectivity index (χ3n) is 2.83. The topological polar surface area (TPSA) is 54.2 Å². The molecule has 0 aliphatic heterocycles. The van der Waals surface area contributed by atoms with Gasteiger partial charge in [0.25, 0.3) is 0 Å². The molecule has 0 radical (unpaired) electrons. The number of fused-ring (bicyclic) bond motifs is 1. The van der Waals surface area contributed by atoms with Gasteiger partial charge in [0.15, 0.2) is 5.82 Å². The van der Waals surface area contributed by atoms with Crippen LogP contribution < -0.4 is 10.6 Å². The van der Waals surface area contributed by atoms with Gasteiger partial charge in [0.05, 0.1) is 5.69 Å². The lowest BCUT2D eigenvalue weighted by Gasteiger charge is -2.13. The largest absolute Gasteiger partial charge is 0.367 e. The quantitative estimate of drug-likeness (QED) is 0.807. The highest BCUT2D eigenvalue weighted by Crippen LogP contribution is 2.24. The van der Waals surface area contributed by atoms with Crippen LogP contribution in [0.15, 0.2) is 18.5 Å². The molecule has 0 bridgehead atoms. The molecule has 0 fully saturated rings. The Morgan fingerprint density at radius 2 is 2.06 bits per heavy atom. The number of anilines is 1. The average molecular weight is 247 g/mol. The highest BCUT2D eigenvalue weighted by Gasteiger charge is 2.18. The second-order valence-electron chi connectivity index (χ2n) is 5.42. The van der Waals surface area contributed by atoms with Crippen molar-refractivity contribution in [1.29, 1.82) is 0 Å². The first-order valence-corrected chi connectivity index (χ1v) is 6.26. The van der Waals surface area contributed by atoms with Crippen LogP contribution in [0.3, 0.4) is 0 Å². The average Bonchev–Trinajstić information content (AvgIpc) is 2.73. The van der Waals surface area contributed by atoms with Gasteiger partial charge in [-0.2, -0.15) is 5.10 Å². The number of nitrogens with one attached hydrogen (secondary N) is 2. The zero-order chi connectivity index (χ0) is 13.2. The second kappa shape index (κ2) is 4.94. The summed E-state index contributed by atoms with van der Waals surface area (Å²) in [7, 11) is 1.94. The molecule has 0 aliphatic carbocycles. The molecule has 0 saturated carbocycles. The van der Waals surface area contributed by atoms with Crippen LogP contribution >= 0.6 is 0 Å². The van der Waals surface area contributed by atoms with E-state index in [0.29, 0.717) is 0 Å². The third-order valence-corrected chi connectivity index (χ3v) is 2.83. The fraction of sp³-hybridized carbons (Fsp3) is 0.538. The van der Waals surface area contributed by atoms with E-state index in [0.717, 1.165) is 30.1 Å². The number of nitrogens with zero attached hydrogens (tertiary/aromatic N) is 3. The highest BCUT2D eigenvalue weighted by atomic mass is 15.2. The summed E-state index contributed by atoms with van der Waals surface area (Å²) in [5.74, 6) is 0.885. The lowest BCUT2D eigenvalue weighted by Crippen LogP contribution is -2.18. The zero-order valence-electron chi connectivity index (χ0n) is 11.5. The number of rotatable bonds is 4. The molecule has 5 heteroatoms. The minimum atomic E-state index is 0.0499. The molecule has 0 spiro atoms. The van der Waals surface area contributed by atoms with Crippen molar-refractivity contribution in [2.45, 2.75) is 26.2 Å². The fourth-order valence-electron chi connectivity index (χ4n) is 1.73. The predicted octanol–water partition coefficient (Wildman–Crippen LogP) is 1.66. The minimum Gasteiger partial charge on any atom is -0.367 e. The summed E-state index contributed by atoms with van der Waals surface area (Å²) >= 11 is 0. The monoisotopic (exact) mass is 247 g/mol. The summed E-state index contributed by atoms with van der Waals surface area (Å²) < 4.78 is 1.88. The summed E-state index contributed by atoms with van der Waals surface area (Å²) in [6, 6.07) is 2.11. The summed E-state index contributed by atoms with van der Waals surface area (Å²) in [4.78, 5) is 4.37. The second-order valence-corrected chi connectivity index (χ2v) is 5.42. The Balaban J connectivity index is 2.33. The van der Waals surface area contributed by atoms with Crippen molar-refractivity contribution >= 4 is 11.3 Å². The van der Waals surface area contributed by atoms with Crippen molar-refractivity contribution < 1.29 is 0 Å². The standard InChI is InChI=1S/C13H21N5/c1-13(2,3)11-9-10-12(15-6-5-14-4)16-7-8-18(10)17-11/h7-9,14H,5-6H2,1-4H3,(H,15,16). The molecule has 0 unspecified atom stereocenters. The fourth-order valence-corrected chi connectivity index (χ4v) is 1.73. The van der Waals surface area contributed by atoms with Gasteiger partial charge in [0.2, 0.25) is 0 Å². The Bertz CT molecular complexity index is 524. The van der Waals surface area contributed by atoms with Crippen molar-refractivity contribution in [2.24, 2.45) is 0 Å². The highest BCUT2D eigenvalue weighted by molar-refractivity contribution is 5.68. The van der Waals surface area contributed by atoms with E-state index >= 15 is 0 Å². The summed E-state index contributed by atoms with van der Waals surface area (Å²) in [5.41, 5.74) is 2.15. The maximum atomic E-state index is 4.59. The number of hydrogen-bond donors (Lipinski definition) is 2. The van der Waals surface area contributed by atoms with Gasteiger partial charge in [-0.05, 0) is 13.1 Å². The number of hydrogen-bond acceptors (Lipinski definition) is 4.